The van der Waals surface area contributed by atoms with Crippen LogP contribution < -0.4 is 5.73 Å². The van der Waals surface area contributed by atoms with Crippen LogP contribution in [-0.2, 0) is 21.3 Å². The molecule has 1 heterocycles. The molecule has 1 saturated heterocycles. The van der Waals surface area contributed by atoms with Gasteiger partial charge in [-0.3, -0.25) is 0 Å². The van der Waals surface area contributed by atoms with E-state index < -0.39 is 16.1 Å². The number of nitrogens with zero attached hydrogens (tertiary/aromatic N) is 1. The molecule has 0 aromatic heterocycles. The van der Waals surface area contributed by atoms with Gasteiger partial charge in [0, 0.05) is 19.1 Å². The van der Waals surface area contributed by atoms with E-state index in [9.17, 15) is 8.42 Å². The third-order valence-corrected chi connectivity index (χ3v) is 5.93. The van der Waals surface area contributed by atoms with Crippen molar-refractivity contribution in [3.05, 3.63) is 28.8 Å². The van der Waals surface area contributed by atoms with E-state index in [1.807, 2.05) is 0 Å². The smallest absolute Gasteiger partial charge is 0.244 e. The zero-order valence-electron chi connectivity index (χ0n) is 11.7. The standard InChI is InChI=1S/C13H19ClN2O4S/c1-9-8-20-11(7-17)6-16(9)21(18,19)13-3-2-10(5-15)4-12(13)14/h2-4,9,11,17H,5-8,15H2,1H3. The zero-order valence-corrected chi connectivity index (χ0v) is 13.3. The van der Waals surface area contributed by atoms with Crippen molar-refractivity contribution in [3.8, 4) is 0 Å². The van der Waals surface area contributed by atoms with Gasteiger partial charge in [0.15, 0.2) is 0 Å². The fraction of sp³-hybridized carbons (Fsp3) is 0.538. The van der Waals surface area contributed by atoms with Gasteiger partial charge in [-0.05, 0) is 24.6 Å². The third kappa shape index (κ3) is 3.39. The maximum absolute atomic E-state index is 12.8. The van der Waals surface area contributed by atoms with Crippen LogP contribution in [0.2, 0.25) is 5.02 Å². The van der Waals surface area contributed by atoms with Crippen molar-refractivity contribution in [2.75, 3.05) is 19.8 Å². The first-order valence-corrected chi connectivity index (χ1v) is 8.44. The Balaban J connectivity index is 2.36. The lowest BCUT2D eigenvalue weighted by atomic mass is 10.2. The van der Waals surface area contributed by atoms with E-state index in [2.05, 4.69) is 0 Å². The SMILES string of the molecule is CC1COC(CO)CN1S(=O)(=O)c1ccc(CN)cc1Cl. The van der Waals surface area contributed by atoms with Crippen molar-refractivity contribution in [1.82, 2.24) is 4.31 Å². The molecule has 2 rings (SSSR count). The molecule has 1 aliphatic heterocycles. The molecule has 6 nitrogen and oxygen atoms in total. The summed E-state index contributed by atoms with van der Waals surface area (Å²) in [5.74, 6) is 0. The molecule has 0 bridgehead atoms. The van der Waals surface area contributed by atoms with Gasteiger partial charge in [0.2, 0.25) is 10.0 Å². The minimum atomic E-state index is -3.74. The average Bonchev–Trinajstić information content (AvgIpc) is 2.47. The van der Waals surface area contributed by atoms with Crippen LogP contribution in [0.5, 0.6) is 0 Å². The number of hydrogen-bond acceptors (Lipinski definition) is 5. The number of rotatable bonds is 4. The average molecular weight is 335 g/mol. The van der Waals surface area contributed by atoms with Crippen LogP contribution in [0.25, 0.3) is 0 Å². The lowest BCUT2D eigenvalue weighted by Crippen LogP contribution is -2.51. The summed E-state index contributed by atoms with van der Waals surface area (Å²) >= 11 is 6.09. The first-order chi connectivity index (χ1) is 9.90. The van der Waals surface area contributed by atoms with E-state index in [-0.39, 0.29) is 35.7 Å². The molecule has 0 radical (unpaired) electrons. The second kappa shape index (κ2) is 6.60. The van der Waals surface area contributed by atoms with E-state index >= 15 is 0 Å². The summed E-state index contributed by atoms with van der Waals surface area (Å²) in [4.78, 5) is 0.0480. The Morgan fingerprint density at radius 3 is 2.81 bits per heavy atom. The number of morpholine rings is 1. The van der Waals surface area contributed by atoms with Gasteiger partial charge >= 0.3 is 0 Å². The van der Waals surface area contributed by atoms with Crippen molar-refractivity contribution in [1.29, 1.82) is 0 Å². The number of ether oxygens (including phenoxy) is 1. The molecule has 118 valence electrons. The second-order valence-corrected chi connectivity index (χ2v) is 7.30. The van der Waals surface area contributed by atoms with Crippen molar-refractivity contribution in [2.45, 2.75) is 30.5 Å². The minimum absolute atomic E-state index is 0.0480. The van der Waals surface area contributed by atoms with E-state index in [1.54, 1.807) is 19.1 Å². The van der Waals surface area contributed by atoms with Crippen LogP contribution >= 0.6 is 11.6 Å². The summed E-state index contributed by atoms with van der Waals surface area (Å²) in [7, 11) is -3.74. The van der Waals surface area contributed by atoms with Crippen LogP contribution in [0.1, 0.15) is 12.5 Å². The lowest BCUT2D eigenvalue weighted by Gasteiger charge is -2.36. The largest absolute Gasteiger partial charge is 0.394 e. The van der Waals surface area contributed by atoms with E-state index in [0.717, 1.165) is 5.56 Å². The van der Waals surface area contributed by atoms with Gasteiger partial charge in [-0.15, -0.1) is 0 Å². The maximum atomic E-state index is 12.8. The predicted octanol–water partition coefficient (Wildman–Crippen LogP) is 0.569. The highest BCUT2D eigenvalue weighted by molar-refractivity contribution is 7.89. The fourth-order valence-corrected chi connectivity index (χ4v) is 4.43. The summed E-state index contributed by atoms with van der Waals surface area (Å²) in [5, 5.41) is 9.32. The van der Waals surface area contributed by atoms with Crippen molar-refractivity contribution in [3.63, 3.8) is 0 Å². The highest BCUT2D eigenvalue weighted by atomic mass is 35.5. The second-order valence-electron chi connectivity index (χ2n) is 5.03. The first-order valence-electron chi connectivity index (χ1n) is 6.63. The fourth-order valence-electron chi connectivity index (χ4n) is 2.24. The Morgan fingerprint density at radius 2 is 2.24 bits per heavy atom. The summed E-state index contributed by atoms with van der Waals surface area (Å²) in [6, 6.07) is 4.36. The molecule has 0 spiro atoms. The molecule has 21 heavy (non-hydrogen) atoms. The molecule has 2 unspecified atom stereocenters. The van der Waals surface area contributed by atoms with Gasteiger partial charge in [-0.1, -0.05) is 17.7 Å². The number of hydrogen-bond donors (Lipinski definition) is 2. The maximum Gasteiger partial charge on any atom is 0.244 e. The Hall–Kier alpha value is -0.700. The molecular weight excluding hydrogens is 316 g/mol. The number of aliphatic hydroxyl groups excluding tert-OH is 1. The number of halogens is 1. The Kier molecular flexibility index (Phi) is 5.24. The van der Waals surface area contributed by atoms with Crippen molar-refractivity contribution >= 4 is 21.6 Å². The van der Waals surface area contributed by atoms with E-state index in [4.69, 9.17) is 27.2 Å². The number of aliphatic hydroxyl groups is 1. The Bertz CT molecular complexity index is 608. The normalized spacial score (nSPS) is 24.2. The van der Waals surface area contributed by atoms with E-state index in [1.165, 1.54) is 10.4 Å². The van der Waals surface area contributed by atoms with Crippen LogP contribution in [0.4, 0.5) is 0 Å². The molecule has 1 aliphatic rings. The van der Waals surface area contributed by atoms with E-state index in [0.29, 0.717) is 6.54 Å². The molecule has 1 aromatic rings. The van der Waals surface area contributed by atoms with Crippen molar-refractivity contribution in [2.24, 2.45) is 5.73 Å². The first kappa shape index (κ1) is 16.7. The van der Waals surface area contributed by atoms with Gasteiger partial charge in [0.25, 0.3) is 0 Å². The number of nitrogens with two attached hydrogens (primary N) is 1. The molecule has 8 heteroatoms. The molecule has 1 aromatic carbocycles. The van der Waals surface area contributed by atoms with Crippen molar-refractivity contribution < 1.29 is 18.3 Å². The van der Waals surface area contributed by atoms with Crippen LogP contribution in [0, 0.1) is 0 Å². The van der Waals surface area contributed by atoms with Gasteiger partial charge in [-0.25, -0.2) is 8.42 Å². The molecule has 0 amide bonds. The minimum Gasteiger partial charge on any atom is -0.394 e. The quantitative estimate of drug-likeness (QED) is 0.839. The molecule has 3 N–H and O–H groups in total. The molecule has 0 saturated carbocycles. The van der Waals surface area contributed by atoms with Gasteiger partial charge in [0.1, 0.15) is 4.90 Å². The Morgan fingerprint density at radius 1 is 1.52 bits per heavy atom. The molecule has 1 fully saturated rings. The lowest BCUT2D eigenvalue weighted by molar-refractivity contribution is -0.0516. The van der Waals surface area contributed by atoms with Crippen LogP contribution in [0.3, 0.4) is 0 Å². The Labute approximate surface area is 129 Å². The van der Waals surface area contributed by atoms with Gasteiger partial charge in [0.05, 0.1) is 24.3 Å². The topological polar surface area (TPSA) is 92.9 Å². The zero-order chi connectivity index (χ0) is 15.6. The highest BCUT2D eigenvalue weighted by Crippen LogP contribution is 2.28. The summed E-state index contributed by atoms with van der Waals surface area (Å²) < 4.78 is 32.2. The van der Waals surface area contributed by atoms with Gasteiger partial charge < -0.3 is 15.6 Å². The van der Waals surface area contributed by atoms with Crippen LogP contribution in [-0.4, -0.2) is 49.7 Å². The highest BCUT2D eigenvalue weighted by Gasteiger charge is 2.36. The third-order valence-electron chi connectivity index (χ3n) is 3.47. The summed E-state index contributed by atoms with van der Waals surface area (Å²) in [5.41, 5.74) is 6.28. The summed E-state index contributed by atoms with van der Waals surface area (Å²) in [6.07, 6.45) is -0.516. The molecule has 0 aliphatic carbocycles. The predicted molar refractivity (Wildman–Crippen MR) is 79.5 cm³/mol. The number of benzene rings is 1. The molecular formula is C13H19ClN2O4S. The monoisotopic (exact) mass is 334 g/mol. The van der Waals surface area contributed by atoms with Gasteiger partial charge in [-0.2, -0.15) is 4.31 Å². The summed E-state index contributed by atoms with van der Waals surface area (Å²) in [6.45, 7) is 2.17. The number of sulfonamides is 1. The molecule has 2 atom stereocenters. The van der Waals surface area contributed by atoms with Crippen LogP contribution in [0.15, 0.2) is 23.1 Å².